The predicted molar refractivity (Wildman–Crippen MR) is 42.6 cm³/mol. The monoisotopic (exact) mass is 145 g/mol. The van der Waals surface area contributed by atoms with Crippen LogP contribution in [0.25, 0.3) is 0 Å². The minimum absolute atomic E-state index is 0.246. The Labute approximate surface area is 62.1 Å². The molecule has 2 N–H and O–H groups in total. The summed E-state index contributed by atoms with van der Waals surface area (Å²) in [6.07, 6.45) is 5.78. The first kappa shape index (κ1) is 9.63. The van der Waals surface area contributed by atoms with Crippen LogP contribution in [0.4, 0.5) is 4.39 Å². The Hall–Kier alpha value is -0.370. The first-order valence-corrected chi connectivity index (χ1v) is 3.73. The molecule has 0 radical (unpaired) electrons. The third kappa shape index (κ3) is 5.76. The number of alkyl halides is 1. The van der Waals surface area contributed by atoms with E-state index in [0.29, 0.717) is 0 Å². The maximum atomic E-state index is 11.8. The molecule has 0 saturated heterocycles. The van der Waals surface area contributed by atoms with E-state index in [4.69, 9.17) is 5.73 Å². The molecular formula is C8H16FN. The maximum Gasteiger partial charge on any atom is 0.104 e. The van der Waals surface area contributed by atoms with Gasteiger partial charge in [-0.05, 0) is 19.3 Å². The molecule has 0 heterocycles. The van der Waals surface area contributed by atoms with Crippen molar-refractivity contribution in [2.45, 2.75) is 31.7 Å². The molecule has 1 atom stereocenters. The molecule has 0 aromatic heterocycles. The minimum atomic E-state index is -0.395. The van der Waals surface area contributed by atoms with Gasteiger partial charge in [0, 0.05) is 6.04 Å². The van der Waals surface area contributed by atoms with Gasteiger partial charge in [-0.3, -0.25) is 0 Å². The zero-order valence-corrected chi connectivity index (χ0v) is 6.35. The van der Waals surface area contributed by atoms with Crippen LogP contribution in [0.3, 0.4) is 0 Å². The van der Waals surface area contributed by atoms with Crippen LogP contribution in [0, 0.1) is 0 Å². The SMILES string of the molecule is C=CCCCCC(N)CF. The van der Waals surface area contributed by atoms with Crippen molar-refractivity contribution < 1.29 is 4.39 Å². The second-order valence-electron chi connectivity index (χ2n) is 2.49. The summed E-state index contributed by atoms with van der Waals surface area (Å²) in [5.74, 6) is 0. The van der Waals surface area contributed by atoms with Gasteiger partial charge in [0.25, 0.3) is 0 Å². The van der Waals surface area contributed by atoms with E-state index in [0.717, 1.165) is 25.7 Å². The van der Waals surface area contributed by atoms with Crippen molar-refractivity contribution in [1.29, 1.82) is 0 Å². The van der Waals surface area contributed by atoms with Crippen molar-refractivity contribution in [1.82, 2.24) is 0 Å². The highest BCUT2D eigenvalue weighted by molar-refractivity contribution is 4.67. The zero-order valence-electron chi connectivity index (χ0n) is 6.35. The third-order valence-corrected chi connectivity index (χ3v) is 1.43. The van der Waals surface area contributed by atoms with E-state index in [2.05, 4.69) is 6.58 Å². The molecule has 1 nitrogen and oxygen atoms in total. The van der Waals surface area contributed by atoms with Gasteiger partial charge in [-0.25, -0.2) is 4.39 Å². The minimum Gasteiger partial charge on any atom is -0.325 e. The van der Waals surface area contributed by atoms with Gasteiger partial charge >= 0.3 is 0 Å². The number of allylic oxidation sites excluding steroid dienone is 1. The molecule has 0 aliphatic rings. The van der Waals surface area contributed by atoms with Gasteiger partial charge in [-0.15, -0.1) is 6.58 Å². The highest BCUT2D eigenvalue weighted by Crippen LogP contribution is 2.02. The van der Waals surface area contributed by atoms with E-state index in [1.807, 2.05) is 6.08 Å². The fourth-order valence-electron chi connectivity index (χ4n) is 0.772. The smallest absolute Gasteiger partial charge is 0.104 e. The summed E-state index contributed by atoms with van der Waals surface area (Å²) in [6, 6.07) is -0.246. The number of rotatable bonds is 6. The van der Waals surface area contributed by atoms with Crippen LogP contribution in [0.1, 0.15) is 25.7 Å². The summed E-state index contributed by atoms with van der Waals surface area (Å²) in [4.78, 5) is 0. The number of halogens is 1. The molecule has 0 aromatic carbocycles. The topological polar surface area (TPSA) is 26.0 Å². The summed E-state index contributed by atoms with van der Waals surface area (Å²) in [6.45, 7) is 3.20. The lowest BCUT2D eigenvalue weighted by Gasteiger charge is -2.04. The summed E-state index contributed by atoms with van der Waals surface area (Å²) in [5, 5.41) is 0. The molecular weight excluding hydrogens is 129 g/mol. The van der Waals surface area contributed by atoms with Crippen molar-refractivity contribution in [3.63, 3.8) is 0 Å². The highest BCUT2D eigenvalue weighted by atomic mass is 19.1. The van der Waals surface area contributed by atoms with E-state index in [1.54, 1.807) is 0 Å². The first-order chi connectivity index (χ1) is 4.81. The lowest BCUT2D eigenvalue weighted by Crippen LogP contribution is -2.21. The van der Waals surface area contributed by atoms with Crippen LogP contribution in [-0.4, -0.2) is 12.7 Å². The number of hydrogen-bond acceptors (Lipinski definition) is 1. The van der Waals surface area contributed by atoms with Gasteiger partial charge in [-0.1, -0.05) is 12.5 Å². The van der Waals surface area contributed by atoms with Crippen molar-refractivity contribution >= 4 is 0 Å². The molecule has 0 amide bonds. The largest absolute Gasteiger partial charge is 0.325 e. The van der Waals surface area contributed by atoms with Gasteiger partial charge in [0.15, 0.2) is 0 Å². The van der Waals surface area contributed by atoms with Crippen LogP contribution in [0.2, 0.25) is 0 Å². The molecule has 0 fully saturated rings. The van der Waals surface area contributed by atoms with Gasteiger partial charge in [0.2, 0.25) is 0 Å². The molecule has 10 heavy (non-hydrogen) atoms. The van der Waals surface area contributed by atoms with E-state index in [-0.39, 0.29) is 6.04 Å². The average molecular weight is 145 g/mol. The molecule has 0 bridgehead atoms. The molecule has 0 saturated carbocycles. The molecule has 0 aromatic rings. The Morgan fingerprint density at radius 3 is 2.70 bits per heavy atom. The van der Waals surface area contributed by atoms with E-state index < -0.39 is 6.67 Å². The third-order valence-electron chi connectivity index (χ3n) is 1.43. The van der Waals surface area contributed by atoms with Gasteiger partial charge in [-0.2, -0.15) is 0 Å². The molecule has 0 aliphatic heterocycles. The fraction of sp³-hybridized carbons (Fsp3) is 0.750. The Morgan fingerprint density at radius 2 is 2.20 bits per heavy atom. The predicted octanol–water partition coefficient (Wildman–Crippen LogP) is 2.03. The zero-order chi connectivity index (χ0) is 7.82. The lowest BCUT2D eigenvalue weighted by atomic mass is 10.1. The second kappa shape index (κ2) is 6.75. The summed E-state index contributed by atoms with van der Waals surface area (Å²) < 4.78 is 11.8. The van der Waals surface area contributed by atoms with Gasteiger partial charge in [0.05, 0.1) is 0 Å². The normalized spacial score (nSPS) is 13.0. The highest BCUT2D eigenvalue weighted by Gasteiger charge is 1.98. The Bertz CT molecular complexity index is 83.3. The molecule has 0 rings (SSSR count). The first-order valence-electron chi connectivity index (χ1n) is 3.73. The van der Waals surface area contributed by atoms with Crippen LogP contribution in [0.5, 0.6) is 0 Å². The van der Waals surface area contributed by atoms with E-state index >= 15 is 0 Å². The second-order valence-corrected chi connectivity index (χ2v) is 2.49. The van der Waals surface area contributed by atoms with Crippen LogP contribution in [-0.2, 0) is 0 Å². The van der Waals surface area contributed by atoms with Crippen molar-refractivity contribution in [3.05, 3.63) is 12.7 Å². The van der Waals surface area contributed by atoms with Crippen LogP contribution >= 0.6 is 0 Å². The molecule has 60 valence electrons. The molecule has 0 aliphatic carbocycles. The molecule has 2 heteroatoms. The van der Waals surface area contributed by atoms with Crippen LogP contribution in [0.15, 0.2) is 12.7 Å². The lowest BCUT2D eigenvalue weighted by molar-refractivity contribution is 0.405. The van der Waals surface area contributed by atoms with E-state index in [1.165, 1.54) is 0 Å². The number of unbranched alkanes of at least 4 members (excludes halogenated alkanes) is 2. The van der Waals surface area contributed by atoms with Crippen molar-refractivity contribution in [2.24, 2.45) is 5.73 Å². The standard InChI is InChI=1S/C8H16FN/c1-2-3-4-5-6-8(10)7-9/h2,8H,1,3-7,10H2. The van der Waals surface area contributed by atoms with Crippen LogP contribution < -0.4 is 5.73 Å². The Morgan fingerprint density at radius 1 is 1.50 bits per heavy atom. The summed E-state index contributed by atoms with van der Waals surface area (Å²) in [7, 11) is 0. The number of nitrogens with two attached hydrogens (primary N) is 1. The maximum absolute atomic E-state index is 11.8. The van der Waals surface area contributed by atoms with E-state index in [9.17, 15) is 4.39 Å². The Balaban J connectivity index is 2.95. The summed E-state index contributed by atoms with van der Waals surface area (Å²) >= 11 is 0. The fourth-order valence-corrected chi connectivity index (χ4v) is 0.772. The molecule has 1 unspecified atom stereocenters. The summed E-state index contributed by atoms with van der Waals surface area (Å²) in [5.41, 5.74) is 5.35. The Kier molecular flexibility index (Phi) is 6.50. The van der Waals surface area contributed by atoms with Crippen molar-refractivity contribution in [2.75, 3.05) is 6.67 Å². The molecule has 0 spiro atoms. The van der Waals surface area contributed by atoms with Crippen molar-refractivity contribution in [3.8, 4) is 0 Å². The van der Waals surface area contributed by atoms with Gasteiger partial charge in [0.1, 0.15) is 6.67 Å². The quantitative estimate of drug-likeness (QED) is 0.449. The van der Waals surface area contributed by atoms with Gasteiger partial charge < -0.3 is 5.73 Å². The number of hydrogen-bond donors (Lipinski definition) is 1. The average Bonchev–Trinajstić information content (AvgIpc) is 1.98.